The Hall–Kier alpha value is -3.91. The molecule has 1 aromatic carbocycles. The third-order valence-corrected chi connectivity index (χ3v) is 6.74. The minimum Gasteiger partial charge on any atom is -0.507 e. The molecule has 2 unspecified atom stereocenters. The standard InChI is InChI=1S/C37H54N2O6/c1-5-7-8-9-10-11-12-13-14-15-16-17-18-19-20-21-22-23-26-45-34(6-2)36(42)39-32(27-29(3)4)35(41)38-30-24-25-33(40)31(28-30)37(43)44/h7-8,10-11,13-14,16-17,19-20,24-25,28-29,32,34,40H,5-6,9,12,15,18,21-23,26-27H2,1-4H3,(H,38,41)(H,39,42)(H,43,44). The van der Waals surface area contributed by atoms with Crippen molar-refractivity contribution in [2.24, 2.45) is 5.92 Å². The van der Waals surface area contributed by atoms with Crippen LogP contribution in [0.25, 0.3) is 0 Å². The smallest absolute Gasteiger partial charge is 0.339 e. The Morgan fingerprint density at radius 3 is 1.93 bits per heavy atom. The molecule has 0 aliphatic rings. The molecule has 0 bridgehead atoms. The highest BCUT2D eigenvalue weighted by Crippen LogP contribution is 2.22. The number of benzene rings is 1. The molecule has 0 fully saturated rings. The van der Waals surface area contributed by atoms with E-state index in [4.69, 9.17) is 4.74 Å². The van der Waals surface area contributed by atoms with Crippen molar-refractivity contribution in [3.05, 3.63) is 84.5 Å². The summed E-state index contributed by atoms with van der Waals surface area (Å²) in [5.41, 5.74) is -0.105. The van der Waals surface area contributed by atoms with Crippen molar-refractivity contribution >= 4 is 23.5 Å². The molecular formula is C37H54N2O6. The molecular weight excluding hydrogens is 568 g/mol. The first-order chi connectivity index (χ1) is 21.7. The maximum atomic E-state index is 13.0. The van der Waals surface area contributed by atoms with Gasteiger partial charge in [0.2, 0.25) is 11.8 Å². The second-order valence-electron chi connectivity index (χ2n) is 11.2. The monoisotopic (exact) mass is 622 g/mol. The van der Waals surface area contributed by atoms with Gasteiger partial charge in [0, 0.05) is 12.3 Å². The summed E-state index contributed by atoms with van der Waals surface area (Å²) in [5.74, 6) is -2.41. The van der Waals surface area contributed by atoms with Crippen molar-refractivity contribution in [1.29, 1.82) is 0 Å². The molecule has 248 valence electrons. The van der Waals surface area contributed by atoms with Crippen LogP contribution in [0.4, 0.5) is 5.69 Å². The summed E-state index contributed by atoms with van der Waals surface area (Å²) < 4.78 is 5.86. The number of allylic oxidation sites excluding steroid dienone is 10. The lowest BCUT2D eigenvalue weighted by Gasteiger charge is -2.23. The molecule has 0 aliphatic heterocycles. The van der Waals surface area contributed by atoms with Crippen molar-refractivity contribution in [3.63, 3.8) is 0 Å². The van der Waals surface area contributed by atoms with E-state index >= 15 is 0 Å². The van der Waals surface area contributed by atoms with E-state index < -0.39 is 29.8 Å². The zero-order chi connectivity index (χ0) is 33.3. The van der Waals surface area contributed by atoms with Crippen LogP contribution in [0.1, 0.15) is 102 Å². The summed E-state index contributed by atoms with van der Waals surface area (Å²) in [6.07, 6.45) is 29.6. The van der Waals surface area contributed by atoms with Crippen molar-refractivity contribution < 1.29 is 29.3 Å². The summed E-state index contributed by atoms with van der Waals surface area (Å²) in [7, 11) is 0. The number of carboxylic acid groups (broad SMARTS) is 1. The Balaban J connectivity index is 2.37. The number of hydrogen-bond donors (Lipinski definition) is 4. The maximum Gasteiger partial charge on any atom is 0.339 e. The van der Waals surface area contributed by atoms with E-state index in [-0.39, 0.29) is 23.1 Å². The van der Waals surface area contributed by atoms with Crippen LogP contribution in [-0.4, -0.2) is 46.7 Å². The Bertz CT molecular complexity index is 1170. The van der Waals surface area contributed by atoms with Gasteiger partial charge in [0.25, 0.3) is 0 Å². The van der Waals surface area contributed by atoms with Gasteiger partial charge in [0.15, 0.2) is 0 Å². The van der Waals surface area contributed by atoms with E-state index in [0.29, 0.717) is 19.4 Å². The Morgan fingerprint density at radius 2 is 1.40 bits per heavy atom. The third-order valence-electron chi connectivity index (χ3n) is 6.74. The molecule has 0 saturated carbocycles. The number of ether oxygens (including phenoxy) is 1. The maximum absolute atomic E-state index is 13.0. The number of hydrogen-bond acceptors (Lipinski definition) is 5. The number of carbonyl (C=O) groups is 3. The van der Waals surface area contributed by atoms with Gasteiger partial charge in [0.1, 0.15) is 23.5 Å². The SMILES string of the molecule is CCC=CCC=CCC=CCC=CCC=CCCCCOC(CC)C(=O)NC(CC(C)C)C(=O)Nc1ccc(O)c(C(=O)O)c1. The van der Waals surface area contributed by atoms with E-state index in [1.807, 2.05) is 20.8 Å². The number of aromatic hydroxyl groups is 1. The van der Waals surface area contributed by atoms with Crippen molar-refractivity contribution in [2.75, 3.05) is 11.9 Å². The molecule has 1 rings (SSSR count). The lowest BCUT2D eigenvalue weighted by molar-refractivity contribution is -0.136. The molecule has 0 aliphatic carbocycles. The largest absolute Gasteiger partial charge is 0.507 e. The molecule has 4 N–H and O–H groups in total. The minimum atomic E-state index is -1.31. The third kappa shape index (κ3) is 18.5. The number of unbranched alkanes of at least 4 members (excludes halogenated alkanes) is 2. The minimum absolute atomic E-state index is 0.118. The highest BCUT2D eigenvalue weighted by molar-refractivity contribution is 5.99. The van der Waals surface area contributed by atoms with Crippen LogP contribution in [0.2, 0.25) is 0 Å². The number of phenols is 1. The average molecular weight is 623 g/mol. The van der Waals surface area contributed by atoms with Crippen molar-refractivity contribution in [2.45, 2.75) is 104 Å². The van der Waals surface area contributed by atoms with Gasteiger partial charge in [-0.05, 0) is 88.3 Å². The number of anilines is 1. The summed E-state index contributed by atoms with van der Waals surface area (Å²) in [6.45, 7) is 8.34. The fraction of sp³-hybridized carbons (Fsp3) is 0.486. The molecule has 2 atom stereocenters. The number of carbonyl (C=O) groups excluding carboxylic acids is 2. The summed E-state index contributed by atoms with van der Waals surface area (Å²) in [4.78, 5) is 37.3. The molecule has 0 aromatic heterocycles. The fourth-order valence-corrected chi connectivity index (χ4v) is 4.32. The number of rotatable bonds is 23. The summed E-state index contributed by atoms with van der Waals surface area (Å²) in [5, 5.41) is 24.4. The molecule has 0 radical (unpaired) electrons. The quantitative estimate of drug-likeness (QED) is 0.0553. The van der Waals surface area contributed by atoms with Crippen LogP contribution in [-0.2, 0) is 14.3 Å². The first-order valence-corrected chi connectivity index (χ1v) is 16.2. The number of carboxylic acids is 1. The molecule has 0 spiro atoms. The zero-order valence-electron chi connectivity index (χ0n) is 27.5. The Kier molecular flexibility index (Phi) is 21.2. The molecule has 2 amide bonds. The van der Waals surface area contributed by atoms with Gasteiger partial charge in [-0.3, -0.25) is 9.59 Å². The molecule has 8 heteroatoms. The topological polar surface area (TPSA) is 125 Å². The van der Waals surface area contributed by atoms with Crippen LogP contribution in [0, 0.1) is 5.92 Å². The fourth-order valence-electron chi connectivity index (χ4n) is 4.32. The summed E-state index contributed by atoms with van der Waals surface area (Å²) in [6, 6.07) is 2.97. The average Bonchev–Trinajstić information content (AvgIpc) is 3.00. The van der Waals surface area contributed by atoms with E-state index in [1.165, 1.54) is 18.2 Å². The lowest BCUT2D eigenvalue weighted by Crippen LogP contribution is -2.48. The van der Waals surface area contributed by atoms with E-state index in [1.54, 1.807) is 0 Å². The van der Waals surface area contributed by atoms with Crippen LogP contribution in [0.15, 0.2) is 79.0 Å². The van der Waals surface area contributed by atoms with Gasteiger partial charge in [-0.2, -0.15) is 0 Å². The van der Waals surface area contributed by atoms with Crippen LogP contribution >= 0.6 is 0 Å². The molecule has 0 heterocycles. The predicted octanol–water partition coefficient (Wildman–Crippen LogP) is 8.28. The van der Waals surface area contributed by atoms with E-state index in [0.717, 1.165) is 51.4 Å². The Morgan fingerprint density at radius 1 is 0.822 bits per heavy atom. The van der Waals surface area contributed by atoms with Gasteiger partial charge >= 0.3 is 5.97 Å². The van der Waals surface area contributed by atoms with Gasteiger partial charge in [-0.15, -0.1) is 0 Å². The molecule has 45 heavy (non-hydrogen) atoms. The number of amides is 2. The normalized spacial score (nSPS) is 13.5. The van der Waals surface area contributed by atoms with Gasteiger partial charge in [-0.25, -0.2) is 4.79 Å². The van der Waals surface area contributed by atoms with E-state index in [9.17, 15) is 24.6 Å². The first kappa shape index (κ1) is 39.1. The Labute approximate surface area is 270 Å². The van der Waals surface area contributed by atoms with Crippen molar-refractivity contribution in [3.8, 4) is 5.75 Å². The highest BCUT2D eigenvalue weighted by Gasteiger charge is 2.26. The molecule has 1 aromatic rings. The number of aromatic carboxylic acids is 1. The van der Waals surface area contributed by atoms with Gasteiger partial charge in [-0.1, -0.05) is 88.5 Å². The lowest BCUT2D eigenvalue weighted by atomic mass is 10.0. The van der Waals surface area contributed by atoms with Gasteiger partial charge < -0.3 is 25.6 Å². The predicted molar refractivity (Wildman–Crippen MR) is 183 cm³/mol. The highest BCUT2D eigenvalue weighted by atomic mass is 16.5. The molecule has 0 saturated heterocycles. The van der Waals surface area contributed by atoms with Crippen molar-refractivity contribution in [1.82, 2.24) is 5.32 Å². The second kappa shape index (κ2) is 24.4. The molecule has 8 nitrogen and oxygen atoms in total. The van der Waals surface area contributed by atoms with Crippen LogP contribution < -0.4 is 10.6 Å². The second-order valence-corrected chi connectivity index (χ2v) is 11.2. The van der Waals surface area contributed by atoms with Crippen LogP contribution in [0.5, 0.6) is 5.75 Å². The van der Waals surface area contributed by atoms with Crippen LogP contribution in [0.3, 0.4) is 0 Å². The first-order valence-electron chi connectivity index (χ1n) is 16.2. The zero-order valence-corrected chi connectivity index (χ0v) is 27.5. The van der Waals surface area contributed by atoms with E-state index in [2.05, 4.69) is 78.3 Å². The van der Waals surface area contributed by atoms with Gasteiger partial charge in [0.05, 0.1) is 0 Å². The summed E-state index contributed by atoms with van der Waals surface area (Å²) >= 11 is 0. The number of nitrogens with one attached hydrogen (secondary N) is 2.